The van der Waals surface area contributed by atoms with Crippen LogP contribution in [0.15, 0.2) is 30.3 Å². The number of sulfonamides is 1. The van der Waals surface area contributed by atoms with Gasteiger partial charge in [0.25, 0.3) is 0 Å². The molecule has 140 valence electrons. The summed E-state index contributed by atoms with van der Waals surface area (Å²) in [7, 11) is -3.57. The second kappa shape index (κ2) is 7.46. The van der Waals surface area contributed by atoms with E-state index in [1.54, 1.807) is 18.2 Å². The molecule has 2 heterocycles. The molecule has 9 heteroatoms. The van der Waals surface area contributed by atoms with Gasteiger partial charge in [0.2, 0.25) is 15.9 Å². The molecule has 8 nitrogen and oxygen atoms in total. The first kappa shape index (κ1) is 18.4. The molecule has 0 atom stereocenters. The Morgan fingerprint density at radius 1 is 1.38 bits per heavy atom. The fourth-order valence-electron chi connectivity index (χ4n) is 2.90. The maximum Gasteiger partial charge on any atom is 0.241 e. The summed E-state index contributed by atoms with van der Waals surface area (Å²) in [6.45, 7) is 4.32. The molecule has 0 unspecified atom stereocenters. The van der Waals surface area contributed by atoms with Crippen molar-refractivity contribution >= 4 is 21.6 Å². The van der Waals surface area contributed by atoms with Crippen molar-refractivity contribution in [3.63, 3.8) is 0 Å². The molecule has 2 N–H and O–H groups in total. The maximum atomic E-state index is 12.3. The number of benzene rings is 1. The smallest absolute Gasteiger partial charge is 0.241 e. The van der Waals surface area contributed by atoms with Gasteiger partial charge in [-0.1, -0.05) is 12.1 Å². The summed E-state index contributed by atoms with van der Waals surface area (Å²) in [6, 6.07) is 9.01. The van der Waals surface area contributed by atoms with E-state index in [0.717, 1.165) is 47.1 Å². The molecule has 1 aromatic heterocycles. The number of hydrogen-bond acceptors (Lipinski definition) is 5. The third kappa shape index (κ3) is 4.41. The zero-order chi connectivity index (χ0) is 18.7. The van der Waals surface area contributed by atoms with Crippen molar-refractivity contribution in [3.8, 4) is 0 Å². The van der Waals surface area contributed by atoms with E-state index in [1.165, 1.54) is 0 Å². The van der Waals surface area contributed by atoms with Crippen molar-refractivity contribution in [1.82, 2.24) is 20.4 Å². The molecule has 0 aliphatic carbocycles. The van der Waals surface area contributed by atoms with Gasteiger partial charge in [-0.3, -0.25) is 13.8 Å². The van der Waals surface area contributed by atoms with Gasteiger partial charge in [0.05, 0.1) is 36.4 Å². The largest absolute Gasteiger partial charge is 0.349 e. The van der Waals surface area contributed by atoms with E-state index < -0.39 is 10.0 Å². The van der Waals surface area contributed by atoms with Gasteiger partial charge in [0, 0.05) is 13.1 Å². The molecule has 0 fully saturated rings. The number of carbonyl (C=O) groups is 1. The molecule has 2 aromatic rings. The van der Waals surface area contributed by atoms with Gasteiger partial charge >= 0.3 is 0 Å². The molecule has 0 radical (unpaired) electrons. The summed E-state index contributed by atoms with van der Waals surface area (Å²) < 4.78 is 27.3. The highest BCUT2D eigenvalue weighted by Gasteiger charge is 2.21. The number of fused-ring (bicyclic) bond motifs is 1. The number of carbonyl (C=O) groups excluding carboxylic acids is 1. The minimum atomic E-state index is -3.57. The molecule has 26 heavy (non-hydrogen) atoms. The summed E-state index contributed by atoms with van der Waals surface area (Å²) in [5, 5.41) is 10.5. The van der Waals surface area contributed by atoms with Crippen LogP contribution >= 0.6 is 0 Å². The van der Waals surface area contributed by atoms with Crippen molar-refractivity contribution in [3.05, 3.63) is 47.3 Å². The monoisotopic (exact) mass is 377 g/mol. The van der Waals surface area contributed by atoms with Crippen molar-refractivity contribution in [2.75, 3.05) is 23.7 Å². The molecular weight excluding hydrogens is 354 g/mol. The Morgan fingerprint density at radius 2 is 2.19 bits per heavy atom. The molecular formula is C17H23N5O3S. The first-order valence-electron chi connectivity index (χ1n) is 8.40. The third-order valence-electron chi connectivity index (χ3n) is 4.16. The van der Waals surface area contributed by atoms with Gasteiger partial charge in [-0.15, -0.1) is 0 Å². The standard InChI is InChI=1S/C17H23N5O3S/c1-13-4-3-5-15(8-13)22(26(2,24)25)12-17(23)19-10-14-9-16-11-18-6-7-21(16)20-14/h3-5,8-9,18H,6-7,10-12H2,1-2H3,(H,19,23). The van der Waals surface area contributed by atoms with Crippen LogP contribution in [0.25, 0.3) is 0 Å². The van der Waals surface area contributed by atoms with Crippen LogP contribution in [-0.2, 0) is 34.5 Å². The minimum absolute atomic E-state index is 0.266. The minimum Gasteiger partial charge on any atom is -0.349 e. The summed E-state index contributed by atoms with van der Waals surface area (Å²) in [5.41, 5.74) is 3.25. The first-order chi connectivity index (χ1) is 12.3. The lowest BCUT2D eigenvalue weighted by atomic mass is 10.2. The van der Waals surface area contributed by atoms with Gasteiger partial charge in [0.15, 0.2) is 0 Å². The SMILES string of the molecule is Cc1cccc(N(CC(=O)NCc2cc3n(n2)CCNC3)S(C)(=O)=O)c1. The normalized spacial score (nSPS) is 13.9. The van der Waals surface area contributed by atoms with E-state index in [-0.39, 0.29) is 19.0 Å². The predicted octanol–water partition coefficient (Wildman–Crippen LogP) is 0.377. The maximum absolute atomic E-state index is 12.3. The molecule has 1 aliphatic heterocycles. The van der Waals surface area contributed by atoms with E-state index >= 15 is 0 Å². The Balaban J connectivity index is 1.65. The Bertz CT molecular complexity index is 883. The lowest BCUT2D eigenvalue weighted by Gasteiger charge is -2.22. The Labute approximate surface area is 153 Å². The quantitative estimate of drug-likeness (QED) is 0.759. The van der Waals surface area contributed by atoms with Crippen molar-refractivity contribution < 1.29 is 13.2 Å². The van der Waals surface area contributed by atoms with Gasteiger partial charge in [-0.05, 0) is 30.7 Å². The number of anilines is 1. The molecule has 1 aliphatic rings. The predicted molar refractivity (Wildman–Crippen MR) is 99.1 cm³/mol. The van der Waals surface area contributed by atoms with E-state index in [2.05, 4.69) is 15.7 Å². The summed E-state index contributed by atoms with van der Waals surface area (Å²) in [4.78, 5) is 12.3. The van der Waals surface area contributed by atoms with E-state index in [9.17, 15) is 13.2 Å². The van der Waals surface area contributed by atoms with Crippen LogP contribution < -0.4 is 14.9 Å². The Hall–Kier alpha value is -2.39. The van der Waals surface area contributed by atoms with Gasteiger partial charge in [0.1, 0.15) is 6.54 Å². The average Bonchev–Trinajstić information content (AvgIpc) is 3.00. The second-order valence-corrected chi connectivity index (χ2v) is 8.32. The average molecular weight is 377 g/mol. The lowest BCUT2D eigenvalue weighted by Crippen LogP contribution is -2.40. The van der Waals surface area contributed by atoms with Crippen LogP contribution in [0.5, 0.6) is 0 Å². The second-order valence-electron chi connectivity index (χ2n) is 6.41. The highest BCUT2D eigenvalue weighted by Crippen LogP contribution is 2.18. The fraction of sp³-hybridized carbons (Fsp3) is 0.412. The first-order valence-corrected chi connectivity index (χ1v) is 10.2. The highest BCUT2D eigenvalue weighted by molar-refractivity contribution is 7.92. The molecule has 0 bridgehead atoms. The number of hydrogen-bond donors (Lipinski definition) is 2. The molecule has 0 saturated heterocycles. The van der Waals surface area contributed by atoms with Crippen LogP contribution in [0.2, 0.25) is 0 Å². The Kier molecular flexibility index (Phi) is 5.28. The van der Waals surface area contributed by atoms with Crippen LogP contribution in [0, 0.1) is 6.92 Å². The number of nitrogens with one attached hydrogen (secondary N) is 2. The van der Waals surface area contributed by atoms with Gasteiger partial charge in [-0.25, -0.2) is 8.42 Å². The molecule has 0 saturated carbocycles. The number of rotatable bonds is 6. The molecule has 3 rings (SSSR count). The molecule has 0 spiro atoms. The molecule has 1 amide bonds. The van der Waals surface area contributed by atoms with Gasteiger partial charge < -0.3 is 10.6 Å². The summed E-state index contributed by atoms with van der Waals surface area (Å²) in [6.07, 6.45) is 1.10. The Morgan fingerprint density at radius 3 is 2.88 bits per heavy atom. The number of aromatic nitrogens is 2. The zero-order valence-corrected chi connectivity index (χ0v) is 15.7. The van der Waals surface area contributed by atoms with E-state index in [1.807, 2.05) is 23.7 Å². The lowest BCUT2D eigenvalue weighted by molar-refractivity contribution is -0.119. The van der Waals surface area contributed by atoms with Crippen LogP contribution in [0.1, 0.15) is 17.0 Å². The topological polar surface area (TPSA) is 96.3 Å². The van der Waals surface area contributed by atoms with Crippen LogP contribution in [0.4, 0.5) is 5.69 Å². The fourth-order valence-corrected chi connectivity index (χ4v) is 3.75. The van der Waals surface area contributed by atoms with Crippen molar-refractivity contribution in [2.45, 2.75) is 26.6 Å². The summed E-state index contributed by atoms with van der Waals surface area (Å²) in [5.74, 6) is -0.374. The number of amides is 1. The zero-order valence-electron chi connectivity index (χ0n) is 14.9. The van der Waals surface area contributed by atoms with Crippen molar-refractivity contribution in [2.24, 2.45) is 0 Å². The van der Waals surface area contributed by atoms with E-state index in [4.69, 9.17) is 0 Å². The van der Waals surface area contributed by atoms with Crippen LogP contribution in [-0.4, -0.2) is 43.5 Å². The third-order valence-corrected chi connectivity index (χ3v) is 5.30. The molecule has 1 aromatic carbocycles. The highest BCUT2D eigenvalue weighted by atomic mass is 32.2. The number of aryl methyl sites for hydroxylation is 1. The summed E-state index contributed by atoms with van der Waals surface area (Å²) >= 11 is 0. The van der Waals surface area contributed by atoms with Crippen molar-refractivity contribution in [1.29, 1.82) is 0 Å². The van der Waals surface area contributed by atoms with Crippen LogP contribution in [0.3, 0.4) is 0 Å². The number of nitrogens with zero attached hydrogens (tertiary/aromatic N) is 3. The van der Waals surface area contributed by atoms with Gasteiger partial charge in [-0.2, -0.15) is 5.10 Å². The van der Waals surface area contributed by atoms with E-state index in [0.29, 0.717) is 5.69 Å².